The number of nitrogens with zero attached hydrogens (tertiary/aromatic N) is 2. The molecule has 88 valence electrons. The second-order valence-electron chi connectivity index (χ2n) is 3.80. The highest BCUT2D eigenvalue weighted by Gasteiger charge is 2.02. The molecule has 2 rings (SSSR count). The molecule has 0 saturated heterocycles. The summed E-state index contributed by atoms with van der Waals surface area (Å²) in [6.45, 7) is 0.707. The first-order valence-corrected chi connectivity index (χ1v) is 5.48. The second kappa shape index (κ2) is 5.50. The first-order valence-electron chi connectivity index (χ1n) is 5.48. The van der Waals surface area contributed by atoms with Gasteiger partial charge < -0.3 is 5.32 Å². The molecule has 0 amide bonds. The van der Waals surface area contributed by atoms with Gasteiger partial charge in [-0.15, -0.1) is 0 Å². The molecule has 0 unspecified atom stereocenters. The van der Waals surface area contributed by atoms with Gasteiger partial charge in [-0.2, -0.15) is 0 Å². The van der Waals surface area contributed by atoms with Crippen LogP contribution >= 0.6 is 0 Å². The van der Waals surface area contributed by atoms with Crippen LogP contribution in [-0.2, 0) is 13.0 Å². The van der Waals surface area contributed by atoms with Gasteiger partial charge in [0.05, 0.1) is 5.69 Å². The Morgan fingerprint density at radius 1 is 1.29 bits per heavy atom. The molecule has 17 heavy (non-hydrogen) atoms. The molecule has 0 spiro atoms. The van der Waals surface area contributed by atoms with Crippen molar-refractivity contribution in [3.8, 4) is 0 Å². The van der Waals surface area contributed by atoms with Crippen molar-refractivity contribution in [3.05, 3.63) is 59.4 Å². The maximum absolute atomic E-state index is 13.0. The molecule has 0 radical (unpaired) electrons. The van der Waals surface area contributed by atoms with Crippen LogP contribution < -0.4 is 5.32 Å². The van der Waals surface area contributed by atoms with E-state index in [4.69, 9.17) is 0 Å². The smallest absolute Gasteiger partial charge is 0.132 e. The Hall–Kier alpha value is -1.81. The molecule has 1 aromatic heterocycles. The number of halogens is 1. The van der Waals surface area contributed by atoms with E-state index in [-0.39, 0.29) is 5.82 Å². The normalized spacial score (nSPS) is 10.5. The van der Waals surface area contributed by atoms with Crippen molar-refractivity contribution in [2.75, 3.05) is 7.05 Å². The Morgan fingerprint density at radius 2 is 2.18 bits per heavy atom. The fraction of sp³-hybridized carbons (Fsp3) is 0.231. The zero-order valence-electron chi connectivity index (χ0n) is 9.65. The van der Waals surface area contributed by atoms with Gasteiger partial charge in [0.1, 0.15) is 11.6 Å². The molecular weight excluding hydrogens is 217 g/mol. The van der Waals surface area contributed by atoms with Crippen LogP contribution in [0.3, 0.4) is 0 Å². The Morgan fingerprint density at radius 3 is 2.94 bits per heavy atom. The van der Waals surface area contributed by atoms with Crippen molar-refractivity contribution in [2.24, 2.45) is 0 Å². The van der Waals surface area contributed by atoms with Crippen LogP contribution in [0, 0.1) is 5.82 Å². The Labute approximate surface area is 99.7 Å². The van der Waals surface area contributed by atoms with E-state index in [0.29, 0.717) is 18.8 Å². The van der Waals surface area contributed by atoms with Gasteiger partial charge in [0.15, 0.2) is 0 Å². The van der Waals surface area contributed by atoms with E-state index >= 15 is 0 Å². The van der Waals surface area contributed by atoms with Gasteiger partial charge in [0, 0.05) is 19.2 Å². The van der Waals surface area contributed by atoms with Crippen LogP contribution in [0.1, 0.15) is 17.1 Å². The molecule has 0 aliphatic carbocycles. The summed E-state index contributed by atoms with van der Waals surface area (Å²) in [5, 5.41) is 3.03. The van der Waals surface area contributed by atoms with Gasteiger partial charge in [-0.05, 0) is 30.8 Å². The van der Waals surface area contributed by atoms with Crippen molar-refractivity contribution in [1.29, 1.82) is 0 Å². The van der Waals surface area contributed by atoms with Crippen LogP contribution in [0.2, 0.25) is 0 Å². The molecule has 0 bridgehead atoms. The number of hydrogen-bond acceptors (Lipinski definition) is 3. The summed E-state index contributed by atoms with van der Waals surface area (Å²) in [6.07, 6.45) is 2.28. The highest BCUT2D eigenvalue weighted by atomic mass is 19.1. The van der Waals surface area contributed by atoms with E-state index in [1.165, 1.54) is 12.1 Å². The van der Waals surface area contributed by atoms with E-state index in [9.17, 15) is 4.39 Å². The minimum absolute atomic E-state index is 0.228. The second-order valence-corrected chi connectivity index (χ2v) is 3.80. The van der Waals surface area contributed by atoms with E-state index < -0.39 is 0 Å². The maximum atomic E-state index is 13.0. The summed E-state index contributed by atoms with van der Waals surface area (Å²) in [5.41, 5.74) is 1.82. The van der Waals surface area contributed by atoms with Gasteiger partial charge in [-0.1, -0.05) is 12.1 Å². The summed E-state index contributed by atoms with van der Waals surface area (Å²) in [6, 6.07) is 8.38. The lowest BCUT2D eigenvalue weighted by Crippen LogP contribution is -2.09. The topological polar surface area (TPSA) is 37.8 Å². The van der Waals surface area contributed by atoms with Gasteiger partial charge in [0.2, 0.25) is 0 Å². The number of benzene rings is 1. The number of aromatic nitrogens is 2. The SMILES string of the molecule is CNCc1ccnc(Cc2cccc(F)c2)n1. The third kappa shape index (κ3) is 3.32. The standard InChI is InChI=1S/C13H14FN3/c1-15-9-12-5-6-16-13(17-12)8-10-3-2-4-11(14)7-10/h2-7,15H,8-9H2,1H3. The summed E-state index contributed by atoms with van der Waals surface area (Å²) < 4.78 is 13.0. The summed E-state index contributed by atoms with van der Waals surface area (Å²) >= 11 is 0. The lowest BCUT2D eigenvalue weighted by molar-refractivity contribution is 0.625. The Bertz CT molecular complexity index is 500. The molecule has 0 aliphatic heterocycles. The molecule has 4 heteroatoms. The fourth-order valence-corrected chi connectivity index (χ4v) is 1.64. The molecule has 0 saturated carbocycles. The quantitative estimate of drug-likeness (QED) is 0.873. The van der Waals surface area contributed by atoms with Crippen molar-refractivity contribution in [3.63, 3.8) is 0 Å². The highest BCUT2D eigenvalue weighted by molar-refractivity contribution is 5.20. The predicted octanol–water partition coefficient (Wildman–Crippen LogP) is 1.93. The summed E-state index contributed by atoms with van der Waals surface area (Å²) in [5.74, 6) is 0.484. The molecule has 0 atom stereocenters. The van der Waals surface area contributed by atoms with E-state index in [1.54, 1.807) is 12.3 Å². The molecule has 1 N–H and O–H groups in total. The molecule has 1 heterocycles. The molecule has 1 aromatic carbocycles. The third-order valence-electron chi connectivity index (χ3n) is 2.37. The molecule has 2 aromatic rings. The molecular formula is C13H14FN3. The number of nitrogens with one attached hydrogen (secondary N) is 1. The zero-order chi connectivity index (χ0) is 12.1. The minimum Gasteiger partial charge on any atom is -0.314 e. The zero-order valence-corrected chi connectivity index (χ0v) is 9.65. The highest BCUT2D eigenvalue weighted by Crippen LogP contribution is 2.08. The first-order chi connectivity index (χ1) is 8.28. The first kappa shape index (κ1) is 11.7. The average molecular weight is 231 g/mol. The van der Waals surface area contributed by atoms with Crippen LogP contribution in [0.15, 0.2) is 36.5 Å². The third-order valence-corrected chi connectivity index (χ3v) is 2.37. The van der Waals surface area contributed by atoms with Gasteiger partial charge in [0.25, 0.3) is 0 Å². The maximum Gasteiger partial charge on any atom is 0.132 e. The van der Waals surface area contributed by atoms with E-state index in [1.807, 2.05) is 19.2 Å². The molecule has 3 nitrogen and oxygen atoms in total. The van der Waals surface area contributed by atoms with Crippen LogP contribution in [0.5, 0.6) is 0 Å². The Kier molecular flexibility index (Phi) is 3.77. The van der Waals surface area contributed by atoms with Gasteiger partial charge in [-0.3, -0.25) is 0 Å². The van der Waals surface area contributed by atoms with E-state index in [2.05, 4.69) is 15.3 Å². The summed E-state index contributed by atoms with van der Waals surface area (Å²) in [7, 11) is 1.87. The van der Waals surface area contributed by atoms with Gasteiger partial charge >= 0.3 is 0 Å². The lowest BCUT2D eigenvalue weighted by Gasteiger charge is -2.03. The molecule has 0 fully saturated rings. The van der Waals surface area contributed by atoms with Crippen molar-refractivity contribution < 1.29 is 4.39 Å². The average Bonchev–Trinajstić information content (AvgIpc) is 2.30. The van der Waals surface area contributed by atoms with Crippen LogP contribution in [0.25, 0.3) is 0 Å². The monoisotopic (exact) mass is 231 g/mol. The lowest BCUT2D eigenvalue weighted by atomic mass is 10.1. The minimum atomic E-state index is -0.228. The van der Waals surface area contributed by atoms with Crippen molar-refractivity contribution >= 4 is 0 Å². The van der Waals surface area contributed by atoms with Gasteiger partial charge in [-0.25, -0.2) is 14.4 Å². The van der Waals surface area contributed by atoms with Crippen molar-refractivity contribution in [2.45, 2.75) is 13.0 Å². The van der Waals surface area contributed by atoms with Crippen molar-refractivity contribution in [1.82, 2.24) is 15.3 Å². The fourth-order valence-electron chi connectivity index (χ4n) is 1.64. The number of rotatable bonds is 4. The summed E-state index contributed by atoms with van der Waals surface area (Å²) in [4.78, 5) is 8.58. The Balaban J connectivity index is 2.15. The predicted molar refractivity (Wildman–Crippen MR) is 64.0 cm³/mol. The largest absolute Gasteiger partial charge is 0.314 e. The van der Waals surface area contributed by atoms with Crippen LogP contribution in [0.4, 0.5) is 4.39 Å². The molecule has 0 aliphatic rings. The number of hydrogen-bond donors (Lipinski definition) is 1. The van der Waals surface area contributed by atoms with Crippen LogP contribution in [-0.4, -0.2) is 17.0 Å². The van der Waals surface area contributed by atoms with E-state index in [0.717, 1.165) is 11.3 Å².